The first-order valence-electron chi connectivity index (χ1n) is 12.4. The summed E-state index contributed by atoms with van der Waals surface area (Å²) in [6.45, 7) is 1.48. The summed E-state index contributed by atoms with van der Waals surface area (Å²) in [7, 11) is 0. The van der Waals surface area contributed by atoms with Crippen LogP contribution >= 0.6 is 0 Å². The van der Waals surface area contributed by atoms with Crippen molar-refractivity contribution in [3.8, 4) is 0 Å². The zero-order chi connectivity index (χ0) is 25.8. The van der Waals surface area contributed by atoms with Gasteiger partial charge in [-0.15, -0.1) is 0 Å². The van der Waals surface area contributed by atoms with Crippen LogP contribution in [0.25, 0.3) is 0 Å². The number of primary amides is 1. The quantitative estimate of drug-likeness (QED) is 0.589. The lowest BCUT2D eigenvalue weighted by Gasteiger charge is -2.40. The Morgan fingerprint density at radius 2 is 1.72 bits per heavy atom. The highest BCUT2D eigenvalue weighted by Crippen LogP contribution is 2.36. The van der Waals surface area contributed by atoms with E-state index in [0.29, 0.717) is 0 Å². The minimum Gasteiger partial charge on any atom is -0.368 e. The van der Waals surface area contributed by atoms with Crippen molar-refractivity contribution in [2.75, 3.05) is 0 Å². The molecule has 36 heavy (non-hydrogen) atoms. The Labute approximate surface area is 209 Å². The molecule has 1 aliphatic carbocycles. The van der Waals surface area contributed by atoms with E-state index in [-0.39, 0.29) is 36.4 Å². The Morgan fingerprint density at radius 3 is 2.33 bits per heavy atom. The molecule has 1 saturated carbocycles. The minimum absolute atomic E-state index is 0.00566. The molecule has 190 valence electrons. The van der Waals surface area contributed by atoms with Crippen molar-refractivity contribution in [3.63, 3.8) is 0 Å². The maximum atomic E-state index is 14.2. The number of amides is 3. The number of rotatable bonds is 7. The molecule has 2 aromatic carbocycles. The summed E-state index contributed by atoms with van der Waals surface area (Å²) in [5.41, 5.74) is 6.67. The topological polar surface area (TPSA) is 83.7 Å². The number of carbonyl (C=O) groups is 3. The summed E-state index contributed by atoms with van der Waals surface area (Å²) in [6, 6.07) is 10.2. The molecule has 1 heterocycles. The lowest BCUT2D eigenvalue weighted by Crippen LogP contribution is -2.58. The Morgan fingerprint density at radius 1 is 1.08 bits per heavy atom. The number of benzene rings is 2. The van der Waals surface area contributed by atoms with Crippen molar-refractivity contribution in [1.29, 1.82) is 0 Å². The number of hydrogen-bond acceptors (Lipinski definition) is 3. The average Bonchev–Trinajstić information content (AvgIpc) is 3.30. The highest BCUT2D eigenvalue weighted by atomic mass is 19.1. The Hall–Kier alpha value is -3.55. The molecular formula is C28H31F2N3O3. The molecule has 2 aromatic rings. The zero-order valence-corrected chi connectivity index (χ0v) is 20.3. The summed E-state index contributed by atoms with van der Waals surface area (Å²) >= 11 is 0. The molecule has 0 saturated heterocycles. The highest BCUT2D eigenvalue weighted by molar-refractivity contribution is 5.93. The predicted octanol–water partition coefficient (Wildman–Crippen LogP) is 4.05. The number of hydrogen-bond donors (Lipinski definition) is 1. The first kappa shape index (κ1) is 25.5. The van der Waals surface area contributed by atoms with Gasteiger partial charge in [0.15, 0.2) is 0 Å². The Bertz CT molecular complexity index is 1130. The van der Waals surface area contributed by atoms with Crippen LogP contribution < -0.4 is 5.73 Å². The SMILES string of the molecule is C[C@@H](C(N)=O)N(C(=O)Cc1cc(F)cc(F)c1)[C@@H]1CC=C[C@@H](c2ccccc2)N(C2CCCC2)C1=O. The molecule has 3 amide bonds. The van der Waals surface area contributed by atoms with Crippen LogP contribution in [0.1, 0.15) is 56.2 Å². The molecule has 1 aliphatic heterocycles. The molecule has 1 fully saturated rings. The van der Waals surface area contributed by atoms with Gasteiger partial charge in [-0.3, -0.25) is 14.4 Å². The van der Waals surface area contributed by atoms with Gasteiger partial charge < -0.3 is 15.5 Å². The molecule has 4 rings (SSSR count). The van der Waals surface area contributed by atoms with Gasteiger partial charge in [-0.25, -0.2) is 8.78 Å². The van der Waals surface area contributed by atoms with E-state index >= 15 is 0 Å². The normalized spacial score (nSPS) is 21.3. The fraction of sp³-hybridized carbons (Fsp3) is 0.393. The summed E-state index contributed by atoms with van der Waals surface area (Å²) in [4.78, 5) is 43.0. The summed E-state index contributed by atoms with van der Waals surface area (Å²) < 4.78 is 27.5. The van der Waals surface area contributed by atoms with Gasteiger partial charge >= 0.3 is 0 Å². The standard InChI is InChI=1S/C28H31F2N3O3/c1-18(27(31)35)32(26(34)16-19-14-21(29)17-22(30)15-19)25-13-7-12-24(20-8-3-2-4-9-20)33(28(25)36)23-10-5-6-11-23/h2-4,7-9,12,14-15,17-18,23-25H,5-6,10-11,13,16H2,1H3,(H2,31,35)/t18-,24-,25+/m0/s1. The molecule has 0 bridgehead atoms. The van der Waals surface area contributed by atoms with Crippen molar-refractivity contribution in [3.05, 3.63) is 83.4 Å². The summed E-state index contributed by atoms with van der Waals surface area (Å²) in [6.07, 6.45) is 7.41. The maximum Gasteiger partial charge on any atom is 0.246 e. The maximum absolute atomic E-state index is 14.2. The van der Waals surface area contributed by atoms with Crippen LogP contribution in [0.15, 0.2) is 60.7 Å². The van der Waals surface area contributed by atoms with Gasteiger partial charge in [0.05, 0.1) is 12.5 Å². The summed E-state index contributed by atoms with van der Waals surface area (Å²) in [5, 5.41) is 0. The van der Waals surface area contributed by atoms with Crippen LogP contribution in [0.4, 0.5) is 8.78 Å². The van der Waals surface area contributed by atoms with E-state index in [4.69, 9.17) is 5.73 Å². The van der Waals surface area contributed by atoms with Crippen molar-refractivity contribution in [2.24, 2.45) is 5.73 Å². The highest BCUT2D eigenvalue weighted by Gasteiger charge is 2.42. The number of nitrogens with zero attached hydrogens (tertiary/aromatic N) is 2. The van der Waals surface area contributed by atoms with E-state index in [0.717, 1.165) is 49.4 Å². The number of nitrogens with two attached hydrogens (primary N) is 1. The molecule has 2 N–H and O–H groups in total. The van der Waals surface area contributed by atoms with Crippen molar-refractivity contribution >= 4 is 17.7 Å². The minimum atomic E-state index is -1.09. The van der Waals surface area contributed by atoms with Crippen molar-refractivity contribution in [2.45, 2.75) is 69.6 Å². The second kappa shape index (κ2) is 11.0. The first-order valence-corrected chi connectivity index (χ1v) is 12.4. The van der Waals surface area contributed by atoms with E-state index in [1.54, 1.807) is 0 Å². The van der Waals surface area contributed by atoms with Crippen LogP contribution in [0, 0.1) is 11.6 Å². The molecule has 0 radical (unpaired) electrons. The Kier molecular flexibility index (Phi) is 7.82. The second-order valence-corrected chi connectivity index (χ2v) is 9.55. The van der Waals surface area contributed by atoms with Gasteiger partial charge in [0, 0.05) is 12.1 Å². The van der Waals surface area contributed by atoms with Crippen LogP contribution in [-0.4, -0.2) is 45.6 Å². The van der Waals surface area contributed by atoms with Gasteiger partial charge in [0.1, 0.15) is 23.7 Å². The third kappa shape index (κ3) is 5.48. The number of halogens is 2. The largest absolute Gasteiger partial charge is 0.368 e. The first-order chi connectivity index (χ1) is 17.3. The van der Waals surface area contributed by atoms with Crippen LogP contribution in [-0.2, 0) is 20.8 Å². The third-order valence-electron chi connectivity index (χ3n) is 7.11. The fourth-order valence-corrected chi connectivity index (χ4v) is 5.36. The lowest BCUT2D eigenvalue weighted by molar-refractivity contribution is -0.152. The van der Waals surface area contributed by atoms with E-state index in [1.807, 2.05) is 47.4 Å². The molecule has 0 aromatic heterocycles. The molecular weight excluding hydrogens is 464 g/mol. The smallest absolute Gasteiger partial charge is 0.246 e. The zero-order valence-electron chi connectivity index (χ0n) is 20.3. The van der Waals surface area contributed by atoms with Gasteiger partial charge in [-0.05, 0) is 49.4 Å². The number of carbonyl (C=O) groups excluding carboxylic acids is 3. The molecule has 6 nitrogen and oxygen atoms in total. The molecule has 3 atom stereocenters. The van der Waals surface area contributed by atoms with Gasteiger partial charge in [0.2, 0.25) is 17.7 Å². The van der Waals surface area contributed by atoms with E-state index < -0.39 is 35.5 Å². The third-order valence-corrected chi connectivity index (χ3v) is 7.11. The van der Waals surface area contributed by atoms with Crippen molar-refractivity contribution in [1.82, 2.24) is 9.80 Å². The molecule has 0 spiro atoms. The van der Waals surface area contributed by atoms with Crippen molar-refractivity contribution < 1.29 is 23.2 Å². The summed E-state index contributed by atoms with van der Waals surface area (Å²) in [5.74, 6) is -3.23. The van der Waals surface area contributed by atoms with E-state index in [9.17, 15) is 23.2 Å². The molecule has 8 heteroatoms. The van der Waals surface area contributed by atoms with Gasteiger partial charge in [-0.2, -0.15) is 0 Å². The predicted molar refractivity (Wildman–Crippen MR) is 131 cm³/mol. The monoisotopic (exact) mass is 495 g/mol. The van der Waals surface area contributed by atoms with E-state index in [2.05, 4.69) is 0 Å². The fourth-order valence-electron chi connectivity index (χ4n) is 5.36. The van der Waals surface area contributed by atoms with Crippen LogP contribution in [0.3, 0.4) is 0 Å². The van der Waals surface area contributed by atoms with E-state index in [1.165, 1.54) is 11.8 Å². The second-order valence-electron chi connectivity index (χ2n) is 9.55. The van der Waals surface area contributed by atoms with Crippen LogP contribution in [0.2, 0.25) is 0 Å². The van der Waals surface area contributed by atoms with Crippen LogP contribution in [0.5, 0.6) is 0 Å². The molecule has 2 aliphatic rings. The van der Waals surface area contributed by atoms with Gasteiger partial charge in [0.25, 0.3) is 0 Å². The average molecular weight is 496 g/mol. The van der Waals surface area contributed by atoms with Gasteiger partial charge in [-0.1, -0.05) is 55.3 Å². The Balaban J connectivity index is 1.70. The molecule has 0 unspecified atom stereocenters. The lowest BCUT2D eigenvalue weighted by atomic mass is 10.0.